The molecule has 0 saturated carbocycles. The number of aryl methyl sites for hydroxylation is 3. The Balaban J connectivity index is 2.17. The van der Waals surface area contributed by atoms with Gasteiger partial charge in [0, 0.05) is 22.4 Å². The first-order chi connectivity index (χ1) is 12.0. The molecule has 4 heteroatoms. The lowest BCUT2D eigenvalue weighted by Crippen LogP contribution is -2.31. The lowest BCUT2D eigenvalue weighted by molar-refractivity contribution is -0.660. The Bertz CT molecular complexity index is 1200. The van der Waals surface area contributed by atoms with Crippen LogP contribution in [0.3, 0.4) is 0 Å². The lowest BCUT2D eigenvalue weighted by atomic mass is 10.0. The molecule has 0 saturated heterocycles. The van der Waals surface area contributed by atoms with Gasteiger partial charge < -0.3 is 4.42 Å². The second-order valence-corrected chi connectivity index (χ2v) is 6.32. The summed E-state index contributed by atoms with van der Waals surface area (Å²) >= 11 is 0. The van der Waals surface area contributed by atoms with Crippen LogP contribution >= 0.6 is 0 Å². The van der Waals surface area contributed by atoms with E-state index in [0.717, 1.165) is 33.2 Å². The van der Waals surface area contributed by atoms with E-state index in [4.69, 9.17) is 11.0 Å². The molecule has 0 aliphatic carbocycles. The fourth-order valence-electron chi connectivity index (χ4n) is 3.39. The van der Waals surface area contributed by atoms with Crippen LogP contribution in [-0.4, -0.2) is 0 Å². The Morgan fingerprint density at radius 3 is 2.44 bits per heavy atom. The van der Waals surface area contributed by atoms with Crippen molar-refractivity contribution in [3.63, 3.8) is 0 Å². The minimum absolute atomic E-state index is 0.0643. The van der Waals surface area contributed by atoms with Crippen molar-refractivity contribution in [2.75, 3.05) is 0 Å². The number of furan rings is 1. The number of hydrogen-bond acceptors (Lipinski definition) is 1. The van der Waals surface area contributed by atoms with Crippen molar-refractivity contribution >= 4 is 27.6 Å². The highest BCUT2D eigenvalue weighted by Gasteiger charge is 2.22. The zero-order valence-electron chi connectivity index (χ0n) is 14.2. The van der Waals surface area contributed by atoms with Crippen LogP contribution in [0.2, 0.25) is 0 Å². The third kappa shape index (κ3) is 2.20. The van der Waals surface area contributed by atoms with Gasteiger partial charge in [-0.1, -0.05) is 18.2 Å². The van der Waals surface area contributed by atoms with Gasteiger partial charge in [-0.2, -0.15) is 0 Å². The molecule has 0 unspecified atom stereocenters. The van der Waals surface area contributed by atoms with Gasteiger partial charge in [-0.15, -0.1) is 0 Å². The van der Waals surface area contributed by atoms with E-state index in [1.807, 2.05) is 33.0 Å². The van der Waals surface area contributed by atoms with Crippen LogP contribution in [-0.2, 0) is 7.05 Å². The molecule has 0 fully saturated rings. The molecule has 0 bridgehead atoms. The molecule has 4 rings (SSSR count). The van der Waals surface area contributed by atoms with Crippen LogP contribution in [0.25, 0.3) is 38.0 Å². The zero-order chi connectivity index (χ0) is 17.7. The summed E-state index contributed by atoms with van der Waals surface area (Å²) in [5.74, 6) is -0.555. The first-order valence-electron chi connectivity index (χ1n) is 7.99. The summed E-state index contributed by atoms with van der Waals surface area (Å²) in [5.41, 5.74) is 5.14. The van der Waals surface area contributed by atoms with Crippen molar-refractivity contribution in [1.29, 1.82) is 0 Å². The molecule has 0 atom stereocenters. The third-order valence-electron chi connectivity index (χ3n) is 4.59. The summed E-state index contributed by atoms with van der Waals surface area (Å²) in [4.78, 5) is 3.32. The van der Waals surface area contributed by atoms with Crippen LogP contribution in [0.1, 0.15) is 11.1 Å². The average molecular weight is 331 g/mol. The second-order valence-electron chi connectivity index (χ2n) is 6.32. The Labute approximate surface area is 144 Å². The maximum Gasteiger partial charge on any atom is 0.264 e. The van der Waals surface area contributed by atoms with Gasteiger partial charge in [0.25, 0.3) is 5.69 Å². The molecule has 122 valence electrons. The molecule has 2 aromatic carbocycles. The number of benzene rings is 2. The van der Waals surface area contributed by atoms with E-state index in [1.165, 1.54) is 6.07 Å². The quantitative estimate of drug-likeness (QED) is 0.339. The highest BCUT2D eigenvalue weighted by molar-refractivity contribution is 6.12. The number of halogens is 1. The zero-order valence-corrected chi connectivity index (χ0v) is 14.2. The van der Waals surface area contributed by atoms with Gasteiger partial charge in [0.15, 0.2) is 6.20 Å². The molecule has 0 aliphatic rings. The second kappa shape index (κ2) is 5.42. The topological polar surface area (TPSA) is 21.4 Å². The van der Waals surface area contributed by atoms with Crippen molar-refractivity contribution in [1.82, 2.24) is 0 Å². The number of pyridine rings is 1. The van der Waals surface area contributed by atoms with Gasteiger partial charge in [0.05, 0.1) is 12.1 Å². The van der Waals surface area contributed by atoms with E-state index in [9.17, 15) is 4.39 Å². The van der Waals surface area contributed by atoms with Gasteiger partial charge in [-0.3, -0.25) is 0 Å². The Hall–Kier alpha value is -3.19. The average Bonchev–Trinajstić information content (AvgIpc) is 2.94. The number of aromatic nitrogens is 1. The minimum Gasteiger partial charge on any atom is -0.466 e. The monoisotopic (exact) mass is 331 g/mol. The molecule has 0 radical (unpaired) electrons. The molecular weight excluding hydrogens is 315 g/mol. The Kier molecular flexibility index (Phi) is 3.33. The molecule has 0 amide bonds. The smallest absolute Gasteiger partial charge is 0.264 e. The highest BCUT2D eigenvalue weighted by atomic mass is 19.1. The summed E-state index contributed by atoms with van der Waals surface area (Å²) in [5, 5.41) is 1.65. The first kappa shape index (κ1) is 15.3. The number of rotatable bonds is 1. The lowest BCUT2D eigenvalue weighted by Gasteiger charge is -2.06. The van der Waals surface area contributed by atoms with Crippen molar-refractivity contribution in [3.05, 3.63) is 71.0 Å². The third-order valence-corrected chi connectivity index (χ3v) is 4.59. The van der Waals surface area contributed by atoms with E-state index in [0.29, 0.717) is 11.2 Å². The van der Waals surface area contributed by atoms with E-state index in [-0.39, 0.29) is 5.69 Å². The largest absolute Gasteiger partial charge is 0.466 e. The molecule has 25 heavy (non-hydrogen) atoms. The number of hydrogen-bond donors (Lipinski definition) is 0. The van der Waals surface area contributed by atoms with Gasteiger partial charge >= 0.3 is 0 Å². The van der Waals surface area contributed by atoms with Crippen LogP contribution in [0.4, 0.5) is 10.1 Å². The van der Waals surface area contributed by atoms with Gasteiger partial charge in [0.1, 0.15) is 24.0 Å². The summed E-state index contributed by atoms with van der Waals surface area (Å²) in [6, 6.07) is 11.1. The van der Waals surface area contributed by atoms with Crippen LogP contribution in [0.5, 0.6) is 0 Å². The summed E-state index contributed by atoms with van der Waals surface area (Å²) < 4.78 is 22.1. The summed E-state index contributed by atoms with van der Waals surface area (Å²) in [6.45, 7) is 11.3. The predicted molar refractivity (Wildman–Crippen MR) is 96.0 cm³/mol. The van der Waals surface area contributed by atoms with Crippen molar-refractivity contribution in [2.45, 2.75) is 13.8 Å². The normalized spacial score (nSPS) is 11.2. The molecule has 2 heterocycles. The maximum atomic E-state index is 14.0. The molecule has 3 nitrogen and oxygen atoms in total. The fourth-order valence-corrected chi connectivity index (χ4v) is 3.39. The van der Waals surface area contributed by atoms with E-state index in [2.05, 4.69) is 27.7 Å². The van der Waals surface area contributed by atoms with E-state index in [1.54, 1.807) is 6.07 Å². The van der Waals surface area contributed by atoms with Crippen molar-refractivity contribution in [3.8, 4) is 11.3 Å². The van der Waals surface area contributed by atoms with Crippen LogP contribution in [0.15, 0.2) is 47.0 Å². The standard InChI is InChI=1S/C21H16FN2O/c1-12-5-10-17(24(4)11-12)18-13(2)6-7-14-15-8-9-16(22)19(23-3)21(15)25-20(14)18/h5-11H,1-2,4H3/q+1. The van der Waals surface area contributed by atoms with Gasteiger partial charge in [-0.25, -0.2) is 13.8 Å². The molecule has 2 aromatic heterocycles. The Morgan fingerprint density at radius 1 is 1.00 bits per heavy atom. The summed E-state index contributed by atoms with van der Waals surface area (Å²) in [7, 11) is 1.99. The highest BCUT2D eigenvalue weighted by Crippen LogP contribution is 2.41. The molecular formula is C21H16FN2O+. The van der Waals surface area contributed by atoms with E-state index < -0.39 is 5.82 Å². The van der Waals surface area contributed by atoms with Gasteiger partial charge in [0.2, 0.25) is 5.69 Å². The Morgan fingerprint density at radius 2 is 1.72 bits per heavy atom. The minimum atomic E-state index is -0.555. The van der Waals surface area contributed by atoms with Crippen molar-refractivity contribution in [2.24, 2.45) is 7.05 Å². The molecule has 4 aromatic rings. The number of nitrogens with zero attached hydrogens (tertiary/aromatic N) is 2. The SMILES string of the molecule is [C-]#[N+]c1c(F)ccc2c1oc1c(-c3ccc(C)c[n+]3C)c(C)ccc12. The van der Waals surface area contributed by atoms with Crippen LogP contribution < -0.4 is 4.57 Å². The van der Waals surface area contributed by atoms with Crippen LogP contribution in [0, 0.1) is 26.2 Å². The predicted octanol–water partition coefficient (Wildman–Crippen LogP) is 5.38. The first-order valence-corrected chi connectivity index (χ1v) is 7.99. The fraction of sp³-hybridized carbons (Fsp3) is 0.143. The number of fused-ring (bicyclic) bond motifs is 3. The molecule has 0 spiro atoms. The maximum absolute atomic E-state index is 14.0. The summed E-state index contributed by atoms with van der Waals surface area (Å²) in [6.07, 6.45) is 2.06. The molecule has 0 N–H and O–H groups in total. The van der Waals surface area contributed by atoms with Gasteiger partial charge in [-0.05, 0) is 31.5 Å². The van der Waals surface area contributed by atoms with Crippen molar-refractivity contribution < 1.29 is 13.4 Å². The van der Waals surface area contributed by atoms with E-state index >= 15 is 0 Å². The molecule has 0 aliphatic heterocycles.